The molecule has 2 N–H and O–H groups in total. The highest BCUT2D eigenvalue weighted by Crippen LogP contribution is 2.37. The van der Waals surface area contributed by atoms with Crippen LogP contribution in [0.25, 0.3) is 0 Å². The summed E-state index contributed by atoms with van der Waals surface area (Å²) in [5, 5.41) is 3.89. The summed E-state index contributed by atoms with van der Waals surface area (Å²) >= 11 is 0. The third-order valence-corrected chi connectivity index (χ3v) is 3.25. The van der Waals surface area contributed by atoms with Gasteiger partial charge in [0.2, 0.25) is 11.7 Å². The minimum Gasteiger partial charge on any atom is -0.485 e. The minimum absolute atomic E-state index is 0.295. The number of aromatic nitrogens is 2. The largest absolute Gasteiger partial charge is 0.485 e. The molecule has 0 amide bonds. The second-order valence-corrected chi connectivity index (χ2v) is 4.63. The van der Waals surface area contributed by atoms with E-state index in [9.17, 15) is 0 Å². The first-order valence-electron chi connectivity index (χ1n) is 6.06. The number of ether oxygens (including phenoxy) is 1. The van der Waals surface area contributed by atoms with Gasteiger partial charge in [-0.1, -0.05) is 23.4 Å². The molecule has 0 unspecified atom stereocenters. The Labute approximate surface area is 105 Å². The van der Waals surface area contributed by atoms with Crippen molar-refractivity contribution in [2.75, 3.05) is 0 Å². The molecule has 0 aliphatic heterocycles. The lowest BCUT2D eigenvalue weighted by Crippen LogP contribution is -2.43. The van der Waals surface area contributed by atoms with Crippen LogP contribution in [0.15, 0.2) is 34.9 Å². The molecule has 1 fully saturated rings. The van der Waals surface area contributed by atoms with Crippen LogP contribution in [0.2, 0.25) is 0 Å². The molecule has 0 atom stereocenters. The zero-order chi connectivity index (χ0) is 12.4. The molecule has 5 nitrogen and oxygen atoms in total. The standard InChI is InChI=1S/C13H15N3O2/c14-13(7-4-8-13)12-15-11(16-18-12)9-17-10-5-2-1-3-6-10/h1-3,5-6H,4,7-9,14H2. The average Bonchev–Trinajstić information content (AvgIpc) is 2.84. The molecule has 1 aromatic heterocycles. The Morgan fingerprint density at radius 2 is 2.06 bits per heavy atom. The van der Waals surface area contributed by atoms with E-state index in [1.807, 2.05) is 30.3 Å². The highest BCUT2D eigenvalue weighted by Gasteiger charge is 2.39. The van der Waals surface area contributed by atoms with Crippen LogP contribution >= 0.6 is 0 Å². The fourth-order valence-electron chi connectivity index (χ4n) is 1.95. The van der Waals surface area contributed by atoms with Gasteiger partial charge in [0.1, 0.15) is 5.75 Å². The fourth-order valence-corrected chi connectivity index (χ4v) is 1.95. The molecule has 0 saturated heterocycles. The highest BCUT2D eigenvalue weighted by molar-refractivity contribution is 5.21. The quantitative estimate of drug-likeness (QED) is 0.891. The van der Waals surface area contributed by atoms with Crippen LogP contribution in [0.3, 0.4) is 0 Å². The summed E-state index contributed by atoms with van der Waals surface area (Å²) < 4.78 is 10.7. The Morgan fingerprint density at radius 3 is 2.72 bits per heavy atom. The van der Waals surface area contributed by atoms with Gasteiger partial charge in [0.25, 0.3) is 0 Å². The van der Waals surface area contributed by atoms with Crippen molar-refractivity contribution in [2.45, 2.75) is 31.4 Å². The van der Waals surface area contributed by atoms with Crippen molar-refractivity contribution in [3.63, 3.8) is 0 Å². The van der Waals surface area contributed by atoms with Crippen molar-refractivity contribution >= 4 is 0 Å². The minimum atomic E-state index is -0.405. The summed E-state index contributed by atoms with van der Waals surface area (Å²) in [5.41, 5.74) is 5.70. The van der Waals surface area contributed by atoms with E-state index < -0.39 is 5.54 Å². The lowest BCUT2D eigenvalue weighted by atomic mass is 9.78. The molecule has 3 rings (SSSR count). The van der Waals surface area contributed by atoms with Gasteiger partial charge in [0.15, 0.2) is 6.61 Å². The van der Waals surface area contributed by atoms with E-state index in [1.165, 1.54) is 0 Å². The third kappa shape index (κ3) is 2.09. The molecule has 1 aliphatic rings. The fraction of sp³-hybridized carbons (Fsp3) is 0.385. The zero-order valence-corrected chi connectivity index (χ0v) is 10.0. The SMILES string of the molecule is NC1(c2nc(COc3ccccc3)no2)CCC1. The van der Waals surface area contributed by atoms with Crippen molar-refractivity contribution in [2.24, 2.45) is 5.73 Å². The average molecular weight is 245 g/mol. The number of para-hydroxylation sites is 1. The van der Waals surface area contributed by atoms with Crippen LogP contribution in [0.5, 0.6) is 5.75 Å². The molecule has 0 bridgehead atoms. The van der Waals surface area contributed by atoms with Crippen molar-refractivity contribution in [1.82, 2.24) is 10.1 Å². The summed E-state index contributed by atoms with van der Waals surface area (Å²) in [7, 11) is 0. The van der Waals surface area contributed by atoms with Gasteiger partial charge in [-0.3, -0.25) is 0 Å². The molecule has 1 heterocycles. The van der Waals surface area contributed by atoms with Gasteiger partial charge >= 0.3 is 0 Å². The molecule has 2 aromatic rings. The monoisotopic (exact) mass is 245 g/mol. The second kappa shape index (κ2) is 4.42. The zero-order valence-electron chi connectivity index (χ0n) is 10.0. The molecular formula is C13H15N3O2. The summed E-state index contributed by atoms with van der Waals surface area (Å²) in [6.45, 7) is 0.295. The molecule has 0 radical (unpaired) electrons. The Bertz CT molecular complexity index is 520. The molecule has 1 aromatic carbocycles. The van der Waals surface area contributed by atoms with E-state index in [2.05, 4.69) is 10.1 Å². The number of nitrogens with zero attached hydrogens (tertiary/aromatic N) is 2. The topological polar surface area (TPSA) is 74.2 Å². The van der Waals surface area contributed by atoms with Crippen LogP contribution in [0.4, 0.5) is 0 Å². The molecule has 1 saturated carbocycles. The van der Waals surface area contributed by atoms with Gasteiger partial charge in [-0.15, -0.1) is 0 Å². The summed E-state index contributed by atoms with van der Waals surface area (Å²) in [6.07, 6.45) is 2.94. The number of rotatable bonds is 4. The third-order valence-electron chi connectivity index (χ3n) is 3.25. The molecule has 1 aliphatic carbocycles. The lowest BCUT2D eigenvalue weighted by Gasteiger charge is -2.33. The Kier molecular flexibility index (Phi) is 2.76. The van der Waals surface area contributed by atoms with Gasteiger partial charge in [0, 0.05) is 0 Å². The maximum Gasteiger partial charge on any atom is 0.246 e. The molecule has 94 valence electrons. The van der Waals surface area contributed by atoms with E-state index in [4.69, 9.17) is 15.0 Å². The van der Waals surface area contributed by atoms with Crippen molar-refractivity contribution in [3.05, 3.63) is 42.0 Å². The Hall–Kier alpha value is -1.88. The predicted molar refractivity (Wildman–Crippen MR) is 64.8 cm³/mol. The van der Waals surface area contributed by atoms with Gasteiger partial charge < -0.3 is 15.0 Å². The number of hydrogen-bond acceptors (Lipinski definition) is 5. The molecule has 18 heavy (non-hydrogen) atoms. The maximum atomic E-state index is 6.11. The van der Waals surface area contributed by atoms with E-state index in [0.717, 1.165) is 25.0 Å². The van der Waals surface area contributed by atoms with Crippen molar-refractivity contribution < 1.29 is 9.26 Å². The van der Waals surface area contributed by atoms with Crippen LogP contribution in [0, 0.1) is 0 Å². The van der Waals surface area contributed by atoms with Crippen LogP contribution in [0.1, 0.15) is 31.0 Å². The number of nitrogens with two attached hydrogens (primary N) is 1. The molecule has 0 spiro atoms. The summed E-state index contributed by atoms with van der Waals surface area (Å²) in [5.74, 6) is 1.85. The Balaban J connectivity index is 1.64. The number of hydrogen-bond donors (Lipinski definition) is 1. The van der Waals surface area contributed by atoms with Crippen LogP contribution < -0.4 is 10.5 Å². The molecular weight excluding hydrogens is 230 g/mol. The lowest BCUT2D eigenvalue weighted by molar-refractivity contribution is 0.180. The smallest absolute Gasteiger partial charge is 0.246 e. The van der Waals surface area contributed by atoms with Crippen molar-refractivity contribution in [1.29, 1.82) is 0 Å². The second-order valence-electron chi connectivity index (χ2n) is 4.63. The Morgan fingerprint density at radius 1 is 1.28 bits per heavy atom. The molecule has 5 heteroatoms. The van der Waals surface area contributed by atoms with Crippen molar-refractivity contribution in [3.8, 4) is 5.75 Å². The summed E-state index contributed by atoms with van der Waals surface area (Å²) in [4.78, 5) is 4.29. The number of benzene rings is 1. The highest BCUT2D eigenvalue weighted by atomic mass is 16.5. The summed E-state index contributed by atoms with van der Waals surface area (Å²) in [6, 6.07) is 9.54. The van der Waals surface area contributed by atoms with E-state index in [1.54, 1.807) is 0 Å². The van der Waals surface area contributed by atoms with Crippen LogP contribution in [-0.4, -0.2) is 10.1 Å². The van der Waals surface area contributed by atoms with E-state index in [-0.39, 0.29) is 0 Å². The first-order valence-corrected chi connectivity index (χ1v) is 6.06. The van der Waals surface area contributed by atoms with E-state index in [0.29, 0.717) is 18.3 Å². The maximum absolute atomic E-state index is 6.11. The normalized spacial score (nSPS) is 17.2. The van der Waals surface area contributed by atoms with Gasteiger partial charge in [-0.05, 0) is 31.4 Å². The van der Waals surface area contributed by atoms with Gasteiger partial charge in [-0.2, -0.15) is 4.98 Å². The first-order chi connectivity index (χ1) is 8.76. The van der Waals surface area contributed by atoms with Gasteiger partial charge in [0.05, 0.1) is 5.54 Å². The van der Waals surface area contributed by atoms with Crippen LogP contribution in [-0.2, 0) is 12.1 Å². The first kappa shape index (κ1) is 11.2. The van der Waals surface area contributed by atoms with E-state index >= 15 is 0 Å². The predicted octanol–water partition coefficient (Wildman–Crippen LogP) is 1.99. The van der Waals surface area contributed by atoms with Gasteiger partial charge in [-0.25, -0.2) is 0 Å².